The van der Waals surface area contributed by atoms with Crippen LogP contribution >= 0.6 is 0 Å². The molecule has 3 rings (SSSR count). The molecule has 0 aliphatic heterocycles. The quantitative estimate of drug-likeness (QED) is 0.426. The Balaban J connectivity index is 1.94. The fourth-order valence-electron chi connectivity index (χ4n) is 4.74. The zero-order chi connectivity index (χ0) is 21.8. The minimum absolute atomic E-state index is 0.0547. The summed E-state index contributed by atoms with van der Waals surface area (Å²) in [6.07, 6.45) is 2.13. The van der Waals surface area contributed by atoms with Crippen molar-refractivity contribution in [1.82, 2.24) is 0 Å². The molecule has 2 bridgehead atoms. The summed E-state index contributed by atoms with van der Waals surface area (Å²) in [7, 11) is -4.21. The van der Waals surface area contributed by atoms with Gasteiger partial charge in [-0.2, -0.15) is 8.42 Å². The number of ether oxygens (including phenoxy) is 1. The second-order valence-electron chi connectivity index (χ2n) is 9.90. The highest BCUT2D eigenvalue weighted by molar-refractivity contribution is 7.85. The van der Waals surface area contributed by atoms with Gasteiger partial charge in [0.2, 0.25) is 6.29 Å². The van der Waals surface area contributed by atoms with E-state index in [1.54, 1.807) is 38.1 Å². The van der Waals surface area contributed by atoms with E-state index in [4.69, 9.17) is 4.74 Å². The van der Waals surface area contributed by atoms with Crippen LogP contribution in [0.2, 0.25) is 0 Å². The lowest BCUT2D eigenvalue weighted by Crippen LogP contribution is -2.40. The third-order valence-electron chi connectivity index (χ3n) is 6.75. The molecule has 0 spiro atoms. The van der Waals surface area contributed by atoms with Crippen LogP contribution in [0.15, 0.2) is 29.8 Å². The van der Waals surface area contributed by atoms with Crippen LogP contribution in [0.3, 0.4) is 0 Å². The van der Waals surface area contributed by atoms with Crippen molar-refractivity contribution in [2.75, 3.05) is 5.75 Å². The number of Topliss-reactive ketones (excluding diaryl/α,β-unsaturated/α-hetero) is 1. The van der Waals surface area contributed by atoms with Gasteiger partial charge in [-0.25, -0.2) is 0 Å². The lowest BCUT2D eigenvalue weighted by Gasteiger charge is -2.34. The minimum Gasteiger partial charge on any atom is -0.465 e. The lowest BCUT2D eigenvalue weighted by atomic mass is 9.70. The summed E-state index contributed by atoms with van der Waals surface area (Å²) in [6, 6.07) is 7.12. The number of rotatable bonds is 5. The van der Waals surface area contributed by atoms with Gasteiger partial charge in [0.05, 0.1) is 5.75 Å². The van der Waals surface area contributed by atoms with Crippen molar-refractivity contribution in [1.29, 1.82) is 0 Å². The average molecular weight is 423 g/mol. The molecule has 0 radical (unpaired) electrons. The Morgan fingerprint density at radius 1 is 1.31 bits per heavy atom. The minimum atomic E-state index is -4.21. The number of carbonyl (C=O) groups excluding carboxylic acids is 1. The molecule has 0 heterocycles. The highest BCUT2D eigenvalue weighted by Crippen LogP contribution is 2.66. The van der Waals surface area contributed by atoms with Crippen LogP contribution in [0.1, 0.15) is 53.0 Å². The van der Waals surface area contributed by atoms with E-state index in [9.17, 15) is 22.9 Å². The number of benzene rings is 1. The topological polar surface area (TPSA) is 101 Å². The summed E-state index contributed by atoms with van der Waals surface area (Å²) in [5, 5.41) is 10.2. The summed E-state index contributed by atoms with van der Waals surface area (Å²) in [6.45, 7) is 9.20. The number of ketones is 1. The second kappa shape index (κ2) is 6.93. The van der Waals surface area contributed by atoms with Gasteiger partial charge in [-0.1, -0.05) is 46.8 Å². The van der Waals surface area contributed by atoms with E-state index in [1.807, 2.05) is 26.8 Å². The highest BCUT2D eigenvalue weighted by atomic mass is 32.2. The molecule has 0 aromatic heterocycles. The van der Waals surface area contributed by atoms with E-state index < -0.39 is 38.4 Å². The summed E-state index contributed by atoms with van der Waals surface area (Å²) < 4.78 is 38.4. The van der Waals surface area contributed by atoms with Gasteiger partial charge in [-0.3, -0.25) is 9.35 Å². The van der Waals surface area contributed by atoms with Crippen molar-refractivity contribution in [2.45, 2.75) is 53.8 Å². The van der Waals surface area contributed by atoms with Gasteiger partial charge >= 0.3 is 0 Å². The first-order chi connectivity index (χ1) is 13.2. The Hall–Kier alpha value is -1.70. The van der Waals surface area contributed by atoms with Crippen LogP contribution in [-0.4, -0.2) is 35.9 Å². The van der Waals surface area contributed by atoms with Gasteiger partial charge in [-0.15, -0.1) is 0 Å². The van der Waals surface area contributed by atoms with Crippen LogP contribution in [0.25, 0.3) is 6.08 Å². The van der Waals surface area contributed by atoms with E-state index >= 15 is 0 Å². The van der Waals surface area contributed by atoms with Gasteiger partial charge in [0, 0.05) is 21.8 Å². The van der Waals surface area contributed by atoms with Crippen molar-refractivity contribution in [3.8, 4) is 5.75 Å². The number of hydrogen-bond acceptors (Lipinski definition) is 5. The van der Waals surface area contributed by atoms with Gasteiger partial charge in [0.15, 0.2) is 5.78 Å². The van der Waals surface area contributed by atoms with Crippen molar-refractivity contribution < 1.29 is 27.6 Å². The van der Waals surface area contributed by atoms with E-state index in [1.165, 1.54) is 0 Å². The smallest absolute Gasteiger partial charge is 0.265 e. The standard InChI is InChI=1S/C22H30O6S/c1-20(2,3)19(24)28-15-8-6-7-14(11-15)12-16-17-9-10-21(4,18(16)23)22(17,5)13-29(25,26)27/h6-8,11-12,17,19,24H,9-10,13H2,1-5H3,(H,25,26,27)/b16-12+. The third-order valence-corrected chi connectivity index (χ3v) is 7.72. The molecular formula is C22H30O6S. The summed E-state index contributed by atoms with van der Waals surface area (Å²) >= 11 is 0. The Morgan fingerprint density at radius 2 is 1.97 bits per heavy atom. The zero-order valence-electron chi connectivity index (χ0n) is 17.6. The Bertz CT molecular complexity index is 958. The summed E-state index contributed by atoms with van der Waals surface area (Å²) in [4.78, 5) is 13.2. The van der Waals surface area contributed by atoms with Crippen LogP contribution in [-0.2, 0) is 14.9 Å². The largest absolute Gasteiger partial charge is 0.465 e. The molecule has 1 aromatic rings. The molecule has 2 fully saturated rings. The normalized spacial score (nSPS) is 32.0. The first kappa shape index (κ1) is 22.0. The Labute approximate surface area is 172 Å². The molecule has 2 aliphatic rings. The maximum atomic E-state index is 13.2. The van der Waals surface area contributed by atoms with Crippen molar-refractivity contribution in [3.05, 3.63) is 35.4 Å². The summed E-state index contributed by atoms with van der Waals surface area (Å²) in [5.41, 5.74) is -0.743. The number of aliphatic hydroxyl groups excluding tert-OH is 1. The van der Waals surface area contributed by atoms with Gasteiger partial charge in [0.25, 0.3) is 10.1 Å². The lowest BCUT2D eigenvalue weighted by molar-refractivity contribution is -0.125. The maximum absolute atomic E-state index is 13.2. The van der Waals surface area contributed by atoms with Crippen molar-refractivity contribution >= 4 is 22.0 Å². The average Bonchev–Trinajstić information content (AvgIpc) is 2.88. The monoisotopic (exact) mass is 422 g/mol. The van der Waals surface area contributed by atoms with Crippen molar-refractivity contribution in [2.24, 2.45) is 22.2 Å². The molecule has 0 amide bonds. The molecule has 29 heavy (non-hydrogen) atoms. The molecule has 0 saturated heterocycles. The van der Waals surface area contributed by atoms with E-state index in [-0.39, 0.29) is 11.7 Å². The molecule has 4 unspecified atom stereocenters. The first-order valence-electron chi connectivity index (χ1n) is 9.84. The maximum Gasteiger partial charge on any atom is 0.265 e. The number of carbonyl (C=O) groups is 1. The molecule has 6 nitrogen and oxygen atoms in total. The molecule has 1 aromatic carbocycles. The van der Waals surface area contributed by atoms with E-state index in [2.05, 4.69) is 0 Å². The first-order valence-corrected chi connectivity index (χ1v) is 11.4. The Kier molecular flexibility index (Phi) is 5.25. The van der Waals surface area contributed by atoms with Crippen LogP contribution in [0, 0.1) is 22.2 Å². The third kappa shape index (κ3) is 3.88. The van der Waals surface area contributed by atoms with Gasteiger partial charge in [-0.05, 0) is 42.5 Å². The zero-order valence-corrected chi connectivity index (χ0v) is 18.4. The predicted molar refractivity (Wildman–Crippen MR) is 111 cm³/mol. The van der Waals surface area contributed by atoms with Crippen LogP contribution < -0.4 is 4.74 Å². The number of allylic oxidation sites excluding steroid dienone is 1. The SMILES string of the molecule is CC(C)(C)C(O)Oc1cccc(/C=C2/C(=O)C3(C)CCC2C3(C)CS(=O)(=O)O)c1. The molecular weight excluding hydrogens is 392 g/mol. The molecule has 2 aliphatic carbocycles. The number of aliphatic hydroxyl groups is 1. The Morgan fingerprint density at radius 3 is 2.55 bits per heavy atom. The van der Waals surface area contributed by atoms with Gasteiger partial charge in [0.1, 0.15) is 5.75 Å². The number of fused-ring (bicyclic) bond motifs is 2. The fraction of sp³-hybridized carbons (Fsp3) is 0.591. The molecule has 2 N–H and O–H groups in total. The van der Waals surface area contributed by atoms with Crippen molar-refractivity contribution in [3.63, 3.8) is 0 Å². The predicted octanol–water partition coefficient (Wildman–Crippen LogP) is 3.71. The highest BCUT2D eigenvalue weighted by Gasteiger charge is 2.67. The van der Waals surface area contributed by atoms with E-state index in [0.29, 0.717) is 24.2 Å². The fourth-order valence-corrected chi connectivity index (χ4v) is 6.02. The summed E-state index contributed by atoms with van der Waals surface area (Å²) in [5.74, 6) is -0.220. The molecule has 2 saturated carbocycles. The van der Waals surface area contributed by atoms with Crippen LogP contribution in [0.5, 0.6) is 5.75 Å². The molecule has 4 atom stereocenters. The van der Waals surface area contributed by atoms with Crippen LogP contribution in [0.4, 0.5) is 0 Å². The number of hydrogen-bond donors (Lipinski definition) is 2. The molecule has 160 valence electrons. The van der Waals surface area contributed by atoms with E-state index in [0.717, 1.165) is 5.56 Å². The second-order valence-corrected chi connectivity index (χ2v) is 11.4. The van der Waals surface area contributed by atoms with Gasteiger partial charge < -0.3 is 9.84 Å². The molecule has 7 heteroatoms.